The van der Waals surface area contributed by atoms with Crippen LogP contribution in [-0.4, -0.2) is 61.2 Å². The lowest BCUT2D eigenvalue weighted by Crippen LogP contribution is -2.49. The van der Waals surface area contributed by atoms with Gasteiger partial charge in [0, 0.05) is 50.4 Å². The lowest BCUT2D eigenvalue weighted by atomic mass is 9.98. The third-order valence-electron chi connectivity index (χ3n) is 7.15. The molecule has 6 heteroatoms. The van der Waals surface area contributed by atoms with Crippen LogP contribution in [0.2, 0.25) is 0 Å². The van der Waals surface area contributed by atoms with E-state index in [0.29, 0.717) is 30.7 Å². The molecule has 1 fully saturated rings. The van der Waals surface area contributed by atoms with Crippen molar-refractivity contribution in [1.29, 1.82) is 0 Å². The lowest BCUT2D eigenvalue weighted by molar-refractivity contribution is 0.0663. The van der Waals surface area contributed by atoms with Crippen molar-refractivity contribution < 1.29 is 19.0 Å². The molecule has 1 N–H and O–H groups in total. The minimum absolute atomic E-state index is 0.101. The SMILES string of the molecule is O=C(CCc1cccc2ccccc12)c1ccc(OC[C@H](O)CN2CCN(c3ccc(F)cc3)CC2)cc1. The number of ketones is 1. The highest BCUT2D eigenvalue weighted by atomic mass is 19.1. The van der Waals surface area contributed by atoms with Crippen LogP contribution in [-0.2, 0) is 6.42 Å². The second-order valence-electron chi connectivity index (χ2n) is 9.81. The quantitative estimate of drug-likeness (QED) is 0.290. The Kier molecular flexibility index (Phi) is 8.31. The van der Waals surface area contributed by atoms with E-state index >= 15 is 0 Å². The summed E-state index contributed by atoms with van der Waals surface area (Å²) < 4.78 is 19.0. The van der Waals surface area contributed by atoms with Crippen LogP contribution >= 0.6 is 0 Å². The van der Waals surface area contributed by atoms with E-state index in [1.807, 2.05) is 18.2 Å². The third kappa shape index (κ3) is 6.57. The number of hydrogen-bond acceptors (Lipinski definition) is 5. The fourth-order valence-corrected chi connectivity index (χ4v) is 5.02. The molecule has 4 aromatic carbocycles. The van der Waals surface area contributed by atoms with E-state index < -0.39 is 6.10 Å². The number of piperazine rings is 1. The van der Waals surface area contributed by atoms with E-state index in [0.717, 1.165) is 31.9 Å². The predicted molar refractivity (Wildman–Crippen MR) is 150 cm³/mol. The highest BCUT2D eigenvalue weighted by Crippen LogP contribution is 2.21. The summed E-state index contributed by atoms with van der Waals surface area (Å²) in [6.45, 7) is 4.02. The molecule has 38 heavy (non-hydrogen) atoms. The van der Waals surface area contributed by atoms with E-state index in [-0.39, 0.29) is 18.2 Å². The van der Waals surface area contributed by atoms with Crippen molar-refractivity contribution in [2.24, 2.45) is 0 Å². The molecule has 196 valence electrons. The molecule has 0 spiro atoms. The number of fused-ring (bicyclic) bond motifs is 1. The molecule has 1 heterocycles. The number of rotatable bonds is 10. The van der Waals surface area contributed by atoms with Crippen LogP contribution in [0, 0.1) is 5.82 Å². The van der Waals surface area contributed by atoms with E-state index in [4.69, 9.17) is 4.74 Å². The molecule has 4 aromatic rings. The van der Waals surface area contributed by atoms with Crippen LogP contribution < -0.4 is 9.64 Å². The topological polar surface area (TPSA) is 53.0 Å². The van der Waals surface area contributed by atoms with E-state index in [1.165, 1.54) is 28.5 Å². The number of aliphatic hydroxyl groups excluding tert-OH is 1. The molecular weight excluding hydrogens is 479 g/mol. The average molecular weight is 513 g/mol. The average Bonchev–Trinajstić information content (AvgIpc) is 2.96. The number of anilines is 1. The third-order valence-corrected chi connectivity index (χ3v) is 7.15. The fourth-order valence-electron chi connectivity index (χ4n) is 5.02. The monoisotopic (exact) mass is 512 g/mol. The van der Waals surface area contributed by atoms with E-state index in [9.17, 15) is 14.3 Å². The molecule has 1 aliphatic heterocycles. The number of hydrogen-bond donors (Lipinski definition) is 1. The van der Waals surface area contributed by atoms with E-state index in [1.54, 1.807) is 36.4 Å². The van der Waals surface area contributed by atoms with Crippen molar-refractivity contribution in [2.75, 3.05) is 44.2 Å². The van der Waals surface area contributed by atoms with Gasteiger partial charge in [0.2, 0.25) is 0 Å². The van der Waals surface area contributed by atoms with Gasteiger partial charge in [-0.3, -0.25) is 9.69 Å². The fraction of sp³-hybridized carbons (Fsp3) is 0.281. The van der Waals surface area contributed by atoms with Gasteiger partial charge in [-0.25, -0.2) is 4.39 Å². The van der Waals surface area contributed by atoms with Gasteiger partial charge in [-0.15, -0.1) is 0 Å². The normalized spacial score (nSPS) is 14.9. The molecule has 0 amide bonds. The number of nitrogens with zero attached hydrogens (tertiary/aromatic N) is 2. The number of benzene rings is 4. The largest absolute Gasteiger partial charge is 0.491 e. The van der Waals surface area contributed by atoms with E-state index in [2.05, 4.69) is 34.1 Å². The molecule has 1 saturated heterocycles. The standard InChI is InChI=1S/C32H33FN2O3/c33-27-11-13-28(14-12-27)35-20-18-34(19-21-35)22-29(36)23-38-30-15-8-26(9-16-30)32(37)17-10-25-6-3-5-24-4-1-2-7-31(24)25/h1-9,11-16,29,36H,10,17-23H2/t29-/m1/s1. The number of aliphatic hydroxyl groups is 1. The highest BCUT2D eigenvalue weighted by molar-refractivity contribution is 5.96. The molecule has 0 bridgehead atoms. The first-order valence-electron chi connectivity index (χ1n) is 13.2. The van der Waals surface area contributed by atoms with Crippen LogP contribution in [0.4, 0.5) is 10.1 Å². The zero-order chi connectivity index (χ0) is 26.3. The molecule has 0 aliphatic carbocycles. The van der Waals surface area contributed by atoms with Crippen molar-refractivity contribution in [1.82, 2.24) is 4.90 Å². The summed E-state index contributed by atoms with van der Waals surface area (Å²) in [5.74, 6) is 0.508. The van der Waals surface area contributed by atoms with Gasteiger partial charge in [-0.1, -0.05) is 42.5 Å². The van der Waals surface area contributed by atoms with Crippen molar-refractivity contribution >= 4 is 22.2 Å². The van der Waals surface area contributed by atoms with Crippen molar-refractivity contribution in [3.8, 4) is 5.75 Å². The van der Waals surface area contributed by atoms with Gasteiger partial charge >= 0.3 is 0 Å². The Hall–Kier alpha value is -3.74. The maximum atomic E-state index is 13.2. The minimum Gasteiger partial charge on any atom is -0.491 e. The minimum atomic E-state index is -0.616. The van der Waals surface area contributed by atoms with Gasteiger partial charge in [0.25, 0.3) is 0 Å². The zero-order valence-corrected chi connectivity index (χ0v) is 21.4. The Labute approximate surface area is 223 Å². The number of ether oxygens (including phenoxy) is 1. The second-order valence-corrected chi connectivity index (χ2v) is 9.81. The number of β-amino-alcohol motifs (C(OH)–C–C–N with tert-alkyl or cyclic N) is 1. The number of Topliss-reactive ketones (excluding diaryl/α,β-unsaturated/α-hetero) is 1. The van der Waals surface area contributed by atoms with Crippen LogP contribution in [0.5, 0.6) is 5.75 Å². The highest BCUT2D eigenvalue weighted by Gasteiger charge is 2.20. The number of carbonyl (C=O) groups is 1. The van der Waals surface area contributed by atoms with Gasteiger partial charge in [-0.2, -0.15) is 0 Å². The summed E-state index contributed by atoms with van der Waals surface area (Å²) >= 11 is 0. The summed E-state index contributed by atoms with van der Waals surface area (Å²) in [7, 11) is 0. The summed E-state index contributed by atoms with van der Waals surface area (Å²) in [6, 6.07) is 28.2. The summed E-state index contributed by atoms with van der Waals surface area (Å²) in [4.78, 5) is 17.2. The number of aryl methyl sites for hydroxylation is 1. The molecule has 0 saturated carbocycles. The van der Waals surface area contributed by atoms with Crippen LogP contribution in [0.15, 0.2) is 91.0 Å². The molecule has 1 atom stereocenters. The molecule has 1 aliphatic rings. The first kappa shape index (κ1) is 25.9. The van der Waals surface area contributed by atoms with Gasteiger partial charge in [-0.05, 0) is 71.3 Å². The molecule has 0 unspecified atom stereocenters. The summed E-state index contributed by atoms with van der Waals surface area (Å²) in [6.07, 6.45) is 0.527. The van der Waals surface area contributed by atoms with Crippen LogP contribution in [0.25, 0.3) is 10.8 Å². The molecule has 5 rings (SSSR count). The van der Waals surface area contributed by atoms with Crippen LogP contribution in [0.1, 0.15) is 22.3 Å². The van der Waals surface area contributed by atoms with Crippen molar-refractivity contribution in [3.05, 3.63) is 108 Å². The molecule has 0 radical (unpaired) electrons. The number of halogens is 1. The van der Waals surface area contributed by atoms with Gasteiger partial charge in [0.05, 0.1) is 0 Å². The van der Waals surface area contributed by atoms with Gasteiger partial charge in [0.1, 0.15) is 24.3 Å². The first-order valence-corrected chi connectivity index (χ1v) is 13.2. The summed E-state index contributed by atoms with van der Waals surface area (Å²) in [5, 5.41) is 12.9. The van der Waals surface area contributed by atoms with Crippen molar-refractivity contribution in [2.45, 2.75) is 18.9 Å². The maximum Gasteiger partial charge on any atom is 0.163 e. The summed E-state index contributed by atoms with van der Waals surface area (Å²) in [5.41, 5.74) is 2.87. The zero-order valence-electron chi connectivity index (χ0n) is 21.4. The predicted octanol–water partition coefficient (Wildman–Crippen LogP) is 5.36. The molecule has 5 nitrogen and oxygen atoms in total. The first-order chi connectivity index (χ1) is 18.5. The maximum absolute atomic E-state index is 13.2. The Morgan fingerprint density at radius 2 is 1.58 bits per heavy atom. The van der Waals surface area contributed by atoms with Crippen molar-refractivity contribution in [3.63, 3.8) is 0 Å². The van der Waals surface area contributed by atoms with Crippen LogP contribution in [0.3, 0.4) is 0 Å². The van der Waals surface area contributed by atoms with Gasteiger partial charge in [0.15, 0.2) is 5.78 Å². The number of carbonyl (C=O) groups excluding carboxylic acids is 1. The van der Waals surface area contributed by atoms with Gasteiger partial charge < -0.3 is 14.7 Å². The Morgan fingerprint density at radius 3 is 2.34 bits per heavy atom. The lowest BCUT2D eigenvalue weighted by Gasteiger charge is -2.36. The Bertz CT molecular complexity index is 1340. The molecule has 0 aromatic heterocycles. The Morgan fingerprint density at radius 1 is 0.868 bits per heavy atom. The second kappa shape index (κ2) is 12.2. The Balaban J connectivity index is 1.05. The smallest absolute Gasteiger partial charge is 0.163 e. The molecular formula is C32H33FN2O3.